The number of rotatable bonds is 5. The molecule has 0 aliphatic heterocycles. The average molecular weight is 418 g/mol. The van der Waals surface area contributed by atoms with E-state index in [1.165, 1.54) is 66.3 Å². The molecule has 4 aromatic rings. The first-order valence-electron chi connectivity index (χ1n) is 12.0. The van der Waals surface area contributed by atoms with Gasteiger partial charge < -0.3 is 5.32 Å². The van der Waals surface area contributed by atoms with Crippen LogP contribution < -0.4 is 5.32 Å². The molecule has 1 N–H and O–H groups in total. The van der Waals surface area contributed by atoms with Gasteiger partial charge in [-0.1, -0.05) is 105 Å². The molecule has 32 heavy (non-hydrogen) atoms. The van der Waals surface area contributed by atoms with Gasteiger partial charge in [-0.25, -0.2) is 0 Å². The highest BCUT2D eigenvalue weighted by Gasteiger charge is 2.14. The lowest BCUT2D eigenvalue weighted by Crippen LogP contribution is -1.96. The molecular formula is C31H31N. The Balaban J connectivity index is 1.24. The van der Waals surface area contributed by atoms with Gasteiger partial charge in [0.15, 0.2) is 0 Å². The van der Waals surface area contributed by atoms with Crippen LogP contribution in [-0.2, 0) is 0 Å². The molecule has 0 saturated heterocycles. The molecular weight excluding hydrogens is 386 g/mol. The molecule has 0 aromatic heterocycles. The standard InChI is InChI=1S/C31H31N/c1-2-5-9-24(8-4-1)26-12-14-27(15-13-26)29-18-22-31(23-19-29)32-30-20-16-28(17-21-30)25-10-6-3-7-11-25/h3,6-7,10-24,32H,1-2,4-5,8-9H2. The Morgan fingerprint density at radius 2 is 0.875 bits per heavy atom. The topological polar surface area (TPSA) is 12.0 Å². The molecule has 1 saturated carbocycles. The lowest BCUT2D eigenvalue weighted by atomic mass is 9.90. The van der Waals surface area contributed by atoms with Crippen LogP contribution in [-0.4, -0.2) is 0 Å². The van der Waals surface area contributed by atoms with E-state index >= 15 is 0 Å². The molecule has 1 aliphatic rings. The quantitative estimate of drug-likeness (QED) is 0.319. The molecule has 0 spiro atoms. The molecule has 1 nitrogen and oxygen atoms in total. The van der Waals surface area contributed by atoms with Crippen molar-refractivity contribution < 1.29 is 0 Å². The smallest absolute Gasteiger partial charge is 0.0384 e. The Bertz CT molecular complexity index is 1100. The third kappa shape index (κ3) is 4.94. The third-order valence-electron chi connectivity index (χ3n) is 6.74. The first-order chi connectivity index (χ1) is 15.8. The number of hydrogen-bond acceptors (Lipinski definition) is 1. The molecule has 0 radical (unpaired) electrons. The number of nitrogens with one attached hydrogen (secondary N) is 1. The van der Waals surface area contributed by atoms with Crippen LogP contribution >= 0.6 is 0 Å². The molecule has 0 amide bonds. The second kappa shape index (κ2) is 9.87. The summed E-state index contributed by atoms with van der Waals surface area (Å²) in [7, 11) is 0. The minimum Gasteiger partial charge on any atom is -0.356 e. The Labute approximate surface area is 192 Å². The van der Waals surface area contributed by atoms with Crippen LogP contribution in [0.2, 0.25) is 0 Å². The lowest BCUT2D eigenvalue weighted by molar-refractivity contribution is 0.592. The summed E-state index contributed by atoms with van der Waals surface area (Å²) in [5, 5.41) is 3.52. The van der Waals surface area contributed by atoms with Crippen molar-refractivity contribution in [1.82, 2.24) is 0 Å². The minimum absolute atomic E-state index is 0.756. The van der Waals surface area contributed by atoms with E-state index in [9.17, 15) is 0 Å². The maximum Gasteiger partial charge on any atom is 0.0384 e. The van der Waals surface area contributed by atoms with Crippen molar-refractivity contribution in [3.63, 3.8) is 0 Å². The fourth-order valence-corrected chi connectivity index (χ4v) is 4.85. The van der Waals surface area contributed by atoms with Crippen molar-refractivity contribution in [3.8, 4) is 22.3 Å². The highest BCUT2D eigenvalue weighted by Crippen LogP contribution is 2.33. The van der Waals surface area contributed by atoms with E-state index in [1.54, 1.807) is 0 Å². The summed E-state index contributed by atoms with van der Waals surface area (Å²) in [5.41, 5.74) is 8.77. The molecule has 0 atom stereocenters. The Hall–Kier alpha value is -3.32. The first kappa shape index (κ1) is 20.6. The highest BCUT2D eigenvalue weighted by atomic mass is 14.9. The van der Waals surface area contributed by atoms with E-state index in [4.69, 9.17) is 0 Å². The van der Waals surface area contributed by atoms with E-state index in [1.807, 2.05) is 0 Å². The molecule has 1 aliphatic carbocycles. The SMILES string of the molecule is c1ccc(-c2ccc(Nc3ccc(-c4ccc(C5CCCCCC5)cc4)cc3)cc2)cc1. The lowest BCUT2D eigenvalue weighted by Gasteiger charge is -2.15. The maximum atomic E-state index is 3.52. The molecule has 1 heteroatoms. The molecule has 0 heterocycles. The second-order valence-corrected chi connectivity index (χ2v) is 8.96. The van der Waals surface area contributed by atoms with Crippen molar-refractivity contribution in [3.05, 3.63) is 109 Å². The predicted molar refractivity (Wildman–Crippen MR) is 137 cm³/mol. The third-order valence-corrected chi connectivity index (χ3v) is 6.74. The fourth-order valence-electron chi connectivity index (χ4n) is 4.85. The zero-order chi connectivity index (χ0) is 21.6. The van der Waals surface area contributed by atoms with Crippen LogP contribution in [0.3, 0.4) is 0 Å². The summed E-state index contributed by atoms with van der Waals surface area (Å²) in [6.45, 7) is 0. The highest BCUT2D eigenvalue weighted by molar-refractivity contribution is 5.71. The van der Waals surface area contributed by atoms with Gasteiger partial charge in [-0.15, -0.1) is 0 Å². The fraction of sp³-hybridized carbons (Fsp3) is 0.226. The zero-order valence-corrected chi connectivity index (χ0v) is 18.6. The van der Waals surface area contributed by atoms with Crippen LogP contribution in [0.1, 0.15) is 50.0 Å². The van der Waals surface area contributed by atoms with Crippen LogP contribution in [0.4, 0.5) is 11.4 Å². The summed E-state index contributed by atoms with van der Waals surface area (Å²) in [6.07, 6.45) is 8.29. The van der Waals surface area contributed by atoms with Gasteiger partial charge in [-0.05, 0) is 70.8 Å². The second-order valence-electron chi connectivity index (χ2n) is 8.96. The molecule has 4 aromatic carbocycles. The van der Waals surface area contributed by atoms with Gasteiger partial charge >= 0.3 is 0 Å². The van der Waals surface area contributed by atoms with Gasteiger partial charge in [0.1, 0.15) is 0 Å². The summed E-state index contributed by atoms with van der Waals surface area (Å²) >= 11 is 0. The monoisotopic (exact) mass is 417 g/mol. The van der Waals surface area contributed by atoms with Crippen LogP contribution in [0.15, 0.2) is 103 Å². The van der Waals surface area contributed by atoms with Gasteiger partial charge in [-0.3, -0.25) is 0 Å². The molecule has 160 valence electrons. The molecule has 5 rings (SSSR count). The number of anilines is 2. The molecule has 0 bridgehead atoms. The molecule has 1 fully saturated rings. The van der Waals surface area contributed by atoms with E-state index in [-0.39, 0.29) is 0 Å². The van der Waals surface area contributed by atoms with Crippen LogP contribution in [0, 0.1) is 0 Å². The van der Waals surface area contributed by atoms with Gasteiger partial charge in [0.25, 0.3) is 0 Å². The van der Waals surface area contributed by atoms with Crippen molar-refractivity contribution in [1.29, 1.82) is 0 Å². The predicted octanol–water partition coefficient (Wildman–Crippen LogP) is 9.20. The van der Waals surface area contributed by atoms with Gasteiger partial charge in [-0.2, -0.15) is 0 Å². The van der Waals surface area contributed by atoms with Crippen molar-refractivity contribution >= 4 is 11.4 Å². The van der Waals surface area contributed by atoms with Crippen LogP contribution in [0.5, 0.6) is 0 Å². The van der Waals surface area contributed by atoms with E-state index in [0.29, 0.717) is 0 Å². The minimum atomic E-state index is 0.756. The largest absolute Gasteiger partial charge is 0.356 e. The van der Waals surface area contributed by atoms with Gasteiger partial charge in [0, 0.05) is 11.4 Å². The number of benzene rings is 4. The summed E-state index contributed by atoms with van der Waals surface area (Å²) in [5.74, 6) is 0.756. The zero-order valence-electron chi connectivity index (χ0n) is 18.6. The van der Waals surface area contributed by atoms with Crippen LogP contribution in [0.25, 0.3) is 22.3 Å². The average Bonchev–Trinajstić information content (AvgIpc) is 3.16. The van der Waals surface area contributed by atoms with Gasteiger partial charge in [0.2, 0.25) is 0 Å². The van der Waals surface area contributed by atoms with Crippen molar-refractivity contribution in [2.24, 2.45) is 0 Å². The van der Waals surface area contributed by atoms with Gasteiger partial charge in [0.05, 0.1) is 0 Å². The van der Waals surface area contributed by atoms with Crippen molar-refractivity contribution in [2.75, 3.05) is 5.32 Å². The Morgan fingerprint density at radius 3 is 1.38 bits per heavy atom. The van der Waals surface area contributed by atoms with E-state index in [2.05, 4.69) is 108 Å². The normalized spacial score (nSPS) is 14.6. The maximum absolute atomic E-state index is 3.52. The van der Waals surface area contributed by atoms with Crippen molar-refractivity contribution in [2.45, 2.75) is 44.4 Å². The molecule has 0 unspecified atom stereocenters. The summed E-state index contributed by atoms with van der Waals surface area (Å²) < 4.78 is 0. The first-order valence-corrected chi connectivity index (χ1v) is 12.0. The number of hydrogen-bond donors (Lipinski definition) is 1. The van der Waals surface area contributed by atoms with E-state index in [0.717, 1.165) is 17.3 Å². The Morgan fingerprint density at radius 1 is 0.438 bits per heavy atom. The summed E-state index contributed by atoms with van der Waals surface area (Å²) in [4.78, 5) is 0. The Kier molecular flexibility index (Phi) is 6.35. The summed E-state index contributed by atoms with van der Waals surface area (Å²) in [6, 6.07) is 37.2. The van der Waals surface area contributed by atoms with E-state index < -0.39 is 0 Å².